The Balaban J connectivity index is 1.01. The number of pyridine rings is 1. The molecule has 0 N–H and O–H groups in total. The van der Waals surface area contributed by atoms with Crippen LogP contribution in [0, 0.1) is 0 Å². The van der Waals surface area contributed by atoms with E-state index in [1.807, 2.05) is 29.5 Å². The zero-order valence-electron chi connectivity index (χ0n) is 33.4. The lowest BCUT2D eigenvalue weighted by molar-refractivity contribution is 0.776. The molecule has 0 saturated carbocycles. The van der Waals surface area contributed by atoms with Crippen molar-refractivity contribution in [2.45, 2.75) is 32.1 Å². The van der Waals surface area contributed by atoms with Crippen LogP contribution in [0.15, 0.2) is 152 Å². The molecule has 11 aromatic rings. The Bertz CT molecular complexity index is 3690. The summed E-state index contributed by atoms with van der Waals surface area (Å²) in [6, 6.07) is 52.5. The van der Waals surface area contributed by atoms with E-state index in [2.05, 4.69) is 157 Å². The standard InChI is InChI=1S/C55H37N5S/c1-32-29-39(30-38-15-7-8-16-40(32)38)54-58-52(36-13-3-2-4-14-36)57-53(59-54)37-21-19-35(20-22-37)48-31-46-45-26-24-34-12-6-10-18-42(34)50(45)61-51(46)55-56-49-44-25-23-33-11-5-9-17-41(33)43(44)27-28-47(49)60(48)55/h2-8,10-16,18-28,30-32H,9,17,29H2,1H3. The molecule has 0 bridgehead atoms. The van der Waals surface area contributed by atoms with Gasteiger partial charge in [0.15, 0.2) is 23.1 Å². The maximum Gasteiger partial charge on any atom is 0.164 e. The van der Waals surface area contributed by atoms with Crippen molar-refractivity contribution >= 4 is 87.5 Å². The number of thiophene rings is 1. The van der Waals surface area contributed by atoms with Crippen LogP contribution in [0.4, 0.5) is 0 Å². The predicted molar refractivity (Wildman–Crippen MR) is 255 cm³/mol. The van der Waals surface area contributed by atoms with Gasteiger partial charge in [0.25, 0.3) is 0 Å². The molecule has 1 unspecified atom stereocenters. The zero-order valence-corrected chi connectivity index (χ0v) is 34.2. The molecule has 0 fully saturated rings. The summed E-state index contributed by atoms with van der Waals surface area (Å²) < 4.78 is 4.90. The summed E-state index contributed by atoms with van der Waals surface area (Å²) in [4.78, 5) is 21.0. The molecule has 1 atom stereocenters. The molecule has 0 radical (unpaired) electrons. The Morgan fingerprint density at radius 3 is 2.20 bits per heavy atom. The number of hydrogen-bond donors (Lipinski definition) is 0. The fourth-order valence-electron chi connectivity index (χ4n) is 9.95. The van der Waals surface area contributed by atoms with E-state index in [1.165, 1.54) is 64.0 Å². The minimum Gasteiger partial charge on any atom is -0.291 e. The molecule has 6 heteroatoms. The van der Waals surface area contributed by atoms with Crippen molar-refractivity contribution in [3.63, 3.8) is 0 Å². The van der Waals surface area contributed by atoms with Gasteiger partial charge >= 0.3 is 0 Å². The van der Waals surface area contributed by atoms with Crippen molar-refractivity contribution in [1.29, 1.82) is 0 Å². The van der Waals surface area contributed by atoms with Gasteiger partial charge in [0.2, 0.25) is 0 Å². The highest BCUT2D eigenvalue weighted by molar-refractivity contribution is 7.27. The first-order chi connectivity index (χ1) is 30.1. The van der Waals surface area contributed by atoms with E-state index in [9.17, 15) is 0 Å². The van der Waals surface area contributed by atoms with E-state index in [4.69, 9.17) is 19.9 Å². The van der Waals surface area contributed by atoms with Crippen molar-refractivity contribution in [1.82, 2.24) is 24.3 Å². The van der Waals surface area contributed by atoms with Crippen molar-refractivity contribution in [3.8, 4) is 34.0 Å². The molecule has 61 heavy (non-hydrogen) atoms. The highest BCUT2D eigenvalue weighted by Gasteiger charge is 2.24. The summed E-state index contributed by atoms with van der Waals surface area (Å²) in [6.45, 7) is 2.29. The lowest BCUT2D eigenvalue weighted by Gasteiger charge is -2.22. The first-order valence-corrected chi connectivity index (χ1v) is 22.0. The van der Waals surface area contributed by atoms with E-state index < -0.39 is 0 Å². The van der Waals surface area contributed by atoms with Gasteiger partial charge in [-0.2, -0.15) is 0 Å². The normalized spacial score (nSPS) is 15.0. The number of hydrogen-bond acceptors (Lipinski definition) is 5. The van der Waals surface area contributed by atoms with E-state index in [0.717, 1.165) is 69.7 Å². The molecule has 4 aromatic heterocycles. The van der Waals surface area contributed by atoms with Gasteiger partial charge in [-0.3, -0.25) is 4.40 Å². The fourth-order valence-corrected chi connectivity index (χ4v) is 11.2. The quantitative estimate of drug-likeness (QED) is 0.178. The predicted octanol–water partition coefficient (Wildman–Crippen LogP) is 14.4. The molecular weight excluding hydrogens is 763 g/mol. The zero-order chi connectivity index (χ0) is 40.2. The Labute approximate surface area is 356 Å². The van der Waals surface area contributed by atoms with Crippen LogP contribution < -0.4 is 0 Å². The molecule has 5 nitrogen and oxygen atoms in total. The number of benzene rings is 7. The molecule has 288 valence electrons. The van der Waals surface area contributed by atoms with Crippen molar-refractivity contribution < 1.29 is 0 Å². The van der Waals surface area contributed by atoms with E-state index >= 15 is 0 Å². The number of allylic oxidation sites excluding steroid dienone is 2. The average Bonchev–Trinajstić information content (AvgIpc) is 3.91. The topological polar surface area (TPSA) is 56.0 Å². The van der Waals surface area contributed by atoms with Gasteiger partial charge in [-0.25, -0.2) is 19.9 Å². The minimum absolute atomic E-state index is 0.365. The molecule has 13 rings (SSSR count). The van der Waals surface area contributed by atoms with Gasteiger partial charge < -0.3 is 0 Å². The van der Waals surface area contributed by atoms with Crippen LogP contribution in [-0.2, 0) is 6.42 Å². The lowest BCUT2D eigenvalue weighted by atomic mass is 9.84. The number of rotatable bonds is 4. The Morgan fingerprint density at radius 2 is 1.31 bits per heavy atom. The summed E-state index contributed by atoms with van der Waals surface area (Å²) in [5.41, 5.74) is 13.7. The second-order valence-corrected chi connectivity index (χ2v) is 17.6. The van der Waals surface area contributed by atoms with Crippen LogP contribution in [-0.4, -0.2) is 24.3 Å². The van der Waals surface area contributed by atoms with Crippen molar-refractivity contribution in [2.75, 3.05) is 0 Å². The maximum absolute atomic E-state index is 5.58. The molecule has 0 saturated heterocycles. The number of aryl methyl sites for hydroxylation is 1. The monoisotopic (exact) mass is 799 g/mol. The lowest BCUT2D eigenvalue weighted by Crippen LogP contribution is -2.08. The van der Waals surface area contributed by atoms with Crippen LogP contribution in [0.25, 0.3) is 110 Å². The molecule has 0 amide bonds. The van der Waals surface area contributed by atoms with Gasteiger partial charge in [0.05, 0.1) is 21.4 Å². The molecule has 0 aliphatic heterocycles. The third-order valence-corrected chi connectivity index (χ3v) is 14.2. The Hall–Kier alpha value is -7.28. The summed E-state index contributed by atoms with van der Waals surface area (Å²) >= 11 is 1.86. The van der Waals surface area contributed by atoms with Crippen LogP contribution >= 0.6 is 11.3 Å². The van der Waals surface area contributed by atoms with Gasteiger partial charge in [-0.05, 0) is 92.9 Å². The minimum atomic E-state index is 0.365. The molecule has 0 spiro atoms. The van der Waals surface area contributed by atoms with Gasteiger partial charge in [-0.1, -0.05) is 153 Å². The first kappa shape index (κ1) is 34.6. The number of nitrogens with zero attached hydrogens (tertiary/aromatic N) is 5. The highest BCUT2D eigenvalue weighted by atomic mass is 32.1. The second kappa shape index (κ2) is 13.4. The van der Waals surface area contributed by atoms with Crippen molar-refractivity contribution in [2.24, 2.45) is 0 Å². The van der Waals surface area contributed by atoms with Crippen LogP contribution in [0.1, 0.15) is 53.8 Å². The molecule has 2 aliphatic carbocycles. The highest BCUT2D eigenvalue weighted by Crippen LogP contribution is 2.45. The first-order valence-electron chi connectivity index (χ1n) is 21.2. The smallest absolute Gasteiger partial charge is 0.164 e. The van der Waals surface area contributed by atoms with Crippen LogP contribution in [0.3, 0.4) is 0 Å². The van der Waals surface area contributed by atoms with E-state index in [1.54, 1.807) is 0 Å². The second-order valence-electron chi connectivity index (χ2n) is 16.6. The molecule has 4 heterocycles. The van der Waals surface area contributed by atoms with Gasteiger partial charge in [0.1, 0.15) is 0 Å². The van der Waals surface area contributed by atoms with Gasteiger partial charge in [-0.15, -0.1) is 11.3 Å². The summed E-state index contributed by atoms with van der Waals surface area (Å²) in [5, 5.41) is 7.53. The summed E-state index contributed by atoms with van der Waals surface area (Å²) in [5.74, 6) is 2.43. The Kier molecular flexibility index (Phi) is 7.57. The molecule has 7 aromatic carbocycles. The van der Waals surface area contributed by atoms with E-state index in [0.29, 0.717) is 17.6 Å². The molecular formula is C55H37N5S. The third-order valence-electron chi connectivity index (χ3n) is 12.9. The molecule has 2 aliphatic rings. The Morgan fingerprint density at radius 1 is 0.574 bits per heavy atom. The van der Waals surface area contributed by atoms with Gasteiger partial charge in [0, 0.05) is 32.0 Å². The number of imidazole rings is 1. The number of aromatic nitrogens is 5. The van der Waals surface area contributed by atoms with Crippen LogP contribution in [0.2, 0.25) is 0 Å². The van der Waals surface area contributed by atoms with E-state index in [-0.39, 0.29) is 0 Å². The maximum atomic E-state index is 5.58. The average molecular weight is 800 g/mol. The fraction of sp³-hybridized carbons (Fsp3) is 0.0909. The number of fused-ring (bicyclic) bond motifs is 14. The third kappa shape index (κ3) is 5.38. The largest absolute Gasteiger partial charge is 0.291 e. The summed E-state index contributed by atoms with van der Waals surface area (Å²) in [6.07, 6.45) is 9.80. The SMILES string of the molecule is CC1CC(c2nc(-c3ccccc3)nc(-c3ccc(-c4cc5c6ccc7ccccc7c6sc5c5nc6c7ccc8c(c7ccc6n45)CCC=C8)cc3)n2)=Cc2ccccc21. The van der Waals surface area contributed by atoms with Crippen LogP contribution in [0.5, 0.6) is 0 Å². The van der Waals surface area contributed by atoms with Crippen molar-refractivity contribution in [3.05, 3.63) is 180 Å². The summed E-state index contributed by atoms with van der Waals surface area (Å²) in [7, 11) is 0.